The third-order valence-corrected chi connectivity index (χ3v) is 5.69. The van der Waals surface area contributed by atoms with Gasteiger partial charge in [-0.1, -0.05) is 42.0 Å². The van der Waals surface area contributed by atoms with Crippen molar-refractivity contribution in [2.24, 2.45) is 0 Å². The first kappa shape index (κ1) is 22.6. The molecule has 0 amide bonds. The summed E-state index contributed by atoms with van der Waals surface area (Å²) in [5, 5.41) is 11.1. The summed E-state index contributed by atoms with van der Waals surface area (Å²) in [7, 11) is 0. The summed E-state index contributed by atoms with van der Waals surface area (Å²) in [4.78, 5) is 25.5. The number of hydrogen-bond donors (Lipinski definition) is 1. The number of esters is 1. The van der Waals surface area contributed by atoms with Gasteiger partial charge in [-0.15, -0.1) is 0 Å². The Morgan fingerprint density at radius 1 is 1.15 bits per heavy atom. The van der Waals surface area contributed by atoms with Gasteiger partial charge in [-0.05, 0) is 51.8 Å². The highest BCUT2D eigenvalue weighted by Crippen LogP contribution is 2.51. The van der Waals surface area contributed by atoms with Gasteiger partial charge >= 0.3 is 5.97 Å². The van der Waals surface area contributed by atoms with Crippen LogP contribution in [0.4, 0.5) is 0 Å². The predicted octanol–water partition coefficient (Wildman–Crippen LogP) is 5.33. The second-order valence-corrected chi connectivity index (χ2v) is 9.14. The lowest BCUT2D eigenvalue weighted by atomic mass is 9.87. The number of rotatable bonds is 4. The van der Waals surface area contributed by atoms with Crippen LogP contribution in [0.2, 0.25) is 0 Å². The zero-order chi connectivity index (χ0) is 23.9. The molecule has 2 heterocycles. The van der Waals surface area contributed by atoms with Crippen molar-refractivity contribution in [2.75, 3.05) is 0 Å². The van der Waals surface area contributed by atoms with E-state index in [0.717, 1.165) is 5.57 Å². The molecule has 6 heteroatoms. The van der Waals surface area contributed by atoms with Crippen molar-refractivity contribution in [3.63, 3.8) is 0 Å². The molecular weight excluding hydrogens is 420 g/mol. The van der Waals surface area contributed by atoms with E-state index in [9.17, 15) is 14.7 Å². The molecule has 172 valence electrons. The molecular formula is C27H28O6. The van der Waals surface area contributed by atoms with Gasteiger partial charge in [-0.2, -0.15) is 0 Å². The maximum Gasteiger partial charge on any atom is 0.303 e. The van der Waals surface area contributed by atoms with Gasteiger partial charge in [-0.3, -0.25) is 9.59 Å². The van der Waals surface area contributed by atoms with Crippen molar-refractivity contribution in [1.82, 2.24) is 0 Å². The number of aromatic hydroxyl groups is 1. The number of phenolic OH excluding ortho intramolecular Hbond substituents is 1. The molecule has 0 saturated carbocycles. The second-order valence-electron chi connectivity index (χ2n) is 9.14. The van der Waals surface area contributed by atoms with Gasteiger partial charge in [0.1, 0.15) is 28.4 Å². The van der Waals surface area contributed by atoms with Crippen molar-refractivity contribution in [1.29, 1.82) is 0 Å². The largest absolute Gasteiger partial charge is 0.506 e. The van der Waals surface area contributed by atoms with Crippen LogP contribution in [-0.4, -0.2) is 28.6 Å². The number of allylic oxidation sites excluding steroid dienone is 2. The molecule has 2 aromatic rings. The molecule has 2 aliphatic rings. The van der Waals surface area contributed by atoms with Crippen molar-refractivity contribution in [3.05, 3.63) is 70.3 Å². The van der Waals surface area contributed by atoms with Crippen LogP contribution in [0.25, 0.3) is 6.08 Å². The molecule has 0 radical (unpaired) electrons. The summed E-state index contributed by atoms with van der Waals surface area (Å²) in [6, 6.07) is 9.14. The van der Waals surface area contributed by atoms with E-state index in [0.29, 0.717) is 28.9 Å². The monoisotopic (exact) mass is 448 g/mol. The van der Waals surface area contributed by atoms with Crippen LogP contribution < -0.4 is 9.47 Å². The molecule has 0 aliphatic carbocycles. The Bertz CT molecular complexity index is 1170. The average Bonchev–Trinajstić information content (AvgIpc) is 2.74. The van der Waals surface area contributed by atoms with Gasteiger partial charge in [0.25, 0.3) is 0 Å². The Balaban J connectivity index is 1.97. The Hall–Kier alpha value is -3.54. The van der Waals surface area contributed by atoms with E-state index < -0.39 is 29.6 Å². The Labute approximate surface area is 193 Å². The van der Waals surface area contributed by atoms with Gasteiger partial charge < -0.3 is 19.3 Å². The molecule has 2 atom stereocenters. The standard InChI is InChI=1S/C27H28O6/c1-15(2)11-12-19-24-18(13-14-27(4,5)33-24)21(29)20-22(30)26(31-16(3)28)23(32-25(19)20)17-9-7-6-8-10-17/h6-11,13-14,23,26,29H,12H2,1-5H3. The number of phenols is 1. The summed E-state index contributed by atoms with van der Waals surface area (Å²) in [5.41, 5.74) is 2.29. The minimum absolute atomic E-state index is 0.0114. The van der Waals surface area contributed by atoms with Gasteiger partial charge in [-0.25, -0.2) is 0 Å². The van der Waals surface area contributed by atoms with Crippen LogP contribution in [0.15, 0.2) is 48.1 Å². The molecule has 2 aliphatic heterocycles. The van der Waals surface area contributed by atoms with Gasteiger partial charge in [0.2, 0.25) is 11.9 Å². The lowest BCUT2D eigenvalue weighted by molar-refractivity contribution is -0.148. The number of carbonyl (C=O) groups is 2. The normalized spacial score (nSPS) is 20.1. The number of Topliss-reactive ketones (excluding diaryl/α,β-unsaturated/α-hetero) is 1. The van der Waals surface area contributed by atoms with E-state index in [-0.39, 0.29) is 17.1 Å². The quantitative estimate of drug-likeness (QED) is 0.503. The lowest BCUT2D eigenvalue weighted by Crippen LogP contribution is -2.40. The molecule has 4 rings (SSSR count). The van der Waals surface area contributed by atoms with Crippen LogP contribution in [0.1, 0.15) is 67.8 Å². The summed E-state index contributed by atoms with van der Waals surface area (Å²) < 4.78 is 18.0. The van der Waals surface area contributed by atoms with E-state index in [1.165, 1.54) is 6.92 Å². The fourth-order valence-electron chi connectivity index (χ4n) is 4.12. The molecule has 0 spiro atoms. The number of ether oxygens (including phenoxy) is 3. The lowest BCUT2D eigenvalue weighted by Gasteiger charge is -2.36. The van der Waals surface area contributed by atoms with Crippen LogP contribution >= 0.6 is 0 Å². The average molecular weight is 449 g/mol. The molecule has 0 bridgehead atoms. The molecule has 1 N–H and O–H groups in total. The first-order valence-electron chi connectivity index (χ1n) is 11.0. The first-order valence-corrected chi connectivity index (χ1v) is 11.0. The molecule has 6 nitrogen and oxygen atoms in total. The summed E-state index contributed by atoms with van der Waals surface area (Å²) in [5.74, 6) is -0.592. The minimum Gasteiger partial charge on any atom is -0.506 e. The van der Waals surface area contributed by atoms with Crippen molar-refractivity contribution in [2.45, 2.75) is 58.8 Å². The van der Waals surface area contributed by atoms with E-state index in [2.05, 4.69) is 0 Å². The second kappa shape index (κ2) is 8.43. The van der Waals surface area contributed by atoms with Crippen LogP contribution in [0, 0.1) is 0 Å². The minimum atomic E-state index is -1.22. The van der Waals surface area contributed by atoms with Crippen LogP contribution in [-0.2, 0) is 16.0 Å². The maximum atomic E-state index is 13.7. The van der Waals surface area contributed by atoms with Gasteiger partial charge in [0.15, 0.2) is 6.10 Å². The molecule has 0 saturated heterocycles. The highest BCUT2D eigenvalue weighted by atomic mass is 16.6. The third kappa shape index (κ3) is 4.25. The molecule has 2 unspecified atom stereocenters. The smallest absolute Gasteiger partial charge is 0.303 e. The van der Waals surface area contributed by atoms with E-state index in [4.69, 9.17) is 14.2 Å². The van der Waals surface area contributed by atoms with E-state index >= 15 is 0 Å². The Kier molecular flexibility index (Phi) is 5.78. The fourth-order valence-corrected chi connectivity index (χ4v) is 4.12. The number of hydrogen-bond acceptors (Lipinski definition) is 6. The molecule has 33 heavy (non-hydrogen) atoms. The fraction of sp³-hybridized carbons (Fsp3) is 0.333. The Morgan fingerprint density at radius 2 is 1.85 bits per heavy atom. The number of ketones is 1. The summed E-state index contributed by atoms with van der Waals surface area (Å²) >= 11 is 0. The highest BCUT2D eigenvalue weighted by molar-refractivity contribution is 6.08. The van der Waals surface area contributed by atoms with Crippen molar-refractivity contribution >= 4 is 17.8 Å². The number of carbonyl (C=O) groups excluding carboxylic acids is 2. The van der Waals surface area contributed by atoms with E-state index in [1.807, 2.05) is 70.2 Å². The number of benzene rings is 2. The molecule has 2 aromatic carbocycles. The maximum absolute atomic E-state index is 13.7. The topological polar surface area (TPSA) is 82.1 Å². The first-order chi connectivity index (χ1) is 15.6. The zero-order valence-corrected chi connectivity index (χ0v) is 19.5. The van der Waals surface area contributed by atoms with Gasteiger partial charge in [0.05, 0.1) is 5.56 Å². The SMILES string of the molecule is CC(=O)OC1C(=O)c2c(O)c3c(c(CC=C(C)C)c2OC1c1ccccc1)OC(C)(C)C=C3. The summed E-state index contributed by atoms with van der Waals surface area (Å²) in [6.07, 6.45) is 3.98. The molecule has 0 fully saturated rings. The number of fused-ring (bicyclic) bond motifs is 2. The molecule has 0 aromatic heterocycles. The van der Waals surface area contributed by atoms with Crippen LogP contribution in [0.5, 0.6) is 17.2 Å². The van der Waals surface area contributed by atoms with Crippen LogP contribution in [0.3, 0.4) is 0 Å². The third-order valence-electron chi connectivity index (χ3n) is 5.69. The van der Waals surface area contributed by atoms with Gasteiger partial charge in [0, 0.05) is 12.5 Å². The Morgan fingerprint density at radius 3 is 2.48 bits per heavy atom. The van der Waals surface area contributed by atoms with Crippen molar-refractivity contribution in [3.8, 4) is 17.2 Å². The highest BCUT2D eigenvalue weighted by Gasteiger charge is 2.45. The van der Waals surface area contributed by atoms with Crippen molar-refractivity contribution < 1.29 is 28.9 Å². The predicted molar refractivity (Wildman–Crippen MR) is 125 cm³/mol. The van der Waals surface area contributed by atoms with E-state index in [1.54, 1.807) is 6.08 Å². The summed E-state index contributed by atoms with van der Waals surface area (Å²) in [6.45, 7) is 9.06. The zero-order valence-electron chi connectivity index (χ0n) is 19.5.